The predicted octanol–water partition coefficient (Wildman–Crippen LogP) is 3.05. The summed E-state index contributed by atoms with van der Waals surface area (Å²) in [5.74, 6) is -1.42. The number of ketones is 1. The standard InChI is InChI=1S/C18H13FN2O3/c19-15-6-2-13(3-7-15)17(22)12-24-18(23)14-4-8-16(9-5-14)21-11-1-10-20-21/h1-11H,12H2. The molecule has 0 radical (unpaired) electrons. The summed E-state index contributed by atoms with van der Waals surface area (Å²) in [6.07, 6.45) is 3.44. The van der Waals surface area contributed by atoms with E-state index in [1.54, 1.807) is 47.4 Å². The van der Waals surface area contributed by atoms with Gasteiger partial charge in [-0.25, -0.2) is 13.9 Å². The quantitative estimate of drug-likeness (QED) is 0.534. The lowest BCUT2D eigenvalue weighted by atomic mass is 10.1. The Kier molecular flexibility index (Phi) is 4.47. The first kappa shape index (κ1) is 15.6. The van der Waals surface area contributed by atoms with Crippen molar-refractivity contribution in [3.05, 3.63) is 83.9 Å². The summed E-state index contributed by atoms with van der Waals surface area (Å²) in [4.78, 5) is 23.9. The number of esters is 1. The SMILES string of the molecule is O=C(COC(=O)c1ccc(-n2cccn2)cc1)c1ccc(F)cc1. The van der Waals surface area contributed by atoms with Gasteiger partial charge in [-0.2, -0.15) is 5.10 Å². The van der Waals surface area contributed by atoms with Crippen LogP contribution in [0.3, 0.4) is 0 Å². The molecule has 0 unspecified atom stereocenters. The molecule has 3 rings (SSSR count). The molecule has 0 fully saturated rings. The highest BCUT2D eigenvalue weighted by atomic mass is 19.1. The van der Waals surface area contributed by atoms with E-state index in [9.17, 15) is 14.0 Å². The number of halogens is 1. The van der Waals surface area contributed by atoms with Crippen LogP contribution in [-0.4, -0.2) is 28.1 Å². The summed E-state index contributed by atoms with van der Waals surface area (Å²) in [7, 11) is 0. The molecule has 0 amide bonds. The van der Waals surface area contributed by atoms with E-state index in [4.69, 9.17) is 4.74 Å². The summed E-state index contributed by atoms with van der Waals surface area (Å²) in [6, 6.07) is 13.5. The molecule has 0 aliphatic heterocycles. The second-order valence-electron chi connectivity index (χ2n) is 5.00. The van der Waals surface area contributed by atoms with Gasteiger partial charge >= 0.3 is 5.97 Å². The van der Waals surface area contributed by atoms with Crippen LogP contribution in [0.1, 0.15) is 20.7 Å². The van der Waals surface area contributed by atoms with Gasteiger partial charge in [0.1, 0.15) is 5.82 Å². The molecule has 0 aliphatic carbocycles. The third kappa shape index (κ3) is 3.55. The van der Waals surface area contributed by atoms with Crippen LogP contribution in [0.4, 0.5) is 4.39 Å². The average Bonchev–Trinajstić information content (AvgIpc) is 3.15. The number of ether oxygens (including phenoxy) is 1. The fourth-order valence-electron chi connectivity index (χ4n) is 2.11. The van der Waals surface area contributed by atoms with Gasteiger partial charge in [0.25, 0.3) is 0 Å². The number of benzene rings is 2. The van der Waals surface area contributed by atoms with Crippen LogP contribution in [0.15, 0.2) is 67.0 Å². The van der Waals surface area contributed by atoms with Crippen molar-refractivity contribution in [2.45, 2.75) is 0 Å². The number of nitrogens with zero attached hydrogens (tertiary/aromatic N) is 2. The molecule has 0 atom stereocenters. The monoisotopic (exact) mass is 324 g/mol. The molecule has 1 aromatic heterocycles. The third-order valence-corrected chi connectivity index (χ3v) is 3.37. The van der Waals surface area contributed by atoms with E-state index in [1.165, 1.54) is 24.3 Å². The summed E-state index contributed by atoms with van der Waals surface area (Å²) in [5.41, 5.74) is 1.43. The number of rotatable bonds is 5. The highest BCUT2D eigenvalue weighted by Gasteiger charge is 2.12. The Balaban J connectivity index is 1.60. The second-order valence-corrected chi connectivity index (χ2v) is 5.00. The number of aromatic nitrogens is 2. The Morgan fingerprint density at radius 2 is 1.67 bits per heavy atom. The molecule has 0 bridgehead atoms. The molecule has 2 aromatic carbocycles. The Hall–Kier alpha value is -3.28. The van der Waals surface area contributed by atoms with Crippen LogP contribution in [0.25, 0.3) is 5.69 Å². The topological polar surface area (TPSA) is 61.2 Å². The lowest BCUT2D eigenvalue weighted by Gasteiger charge is -2.06. The maximum atomic E-state index is 12.8. The lowest BCUT2D eigenvalue weighted by molar-refractivity contribution is 0.0474. The van der Waals surface area contributed by atoms with Crippen molar-refractivity contribution in [3.8, 4) is 5.69 Å². The van der Waals surface area contributed by atoms with Crippen LogP contribution >= 0.6 is 0 Å². The molecule has 120 valence electrons. The molecule has 3 aromatic rings. The Morgan fingerprint density at radius 1 is 1.00 bits per heavy atom. The molecule has 0 spiro atoms. The molecule has 0 saturated heterocycles. The van der Waals surface area contributed by atoms with Crippen molar-refractivity contribution in [2.24, 2.45) is 0 Å². The molecule has 5 nitrogen and oxygen atoms in total. The zero-order valence-corrected chi connectivity index (χ0v) is 12.6. The zero-order valence-electron chi connectivity index (χ0n) is 12.6. The summed E-state index contributed by atoms with van der Waals surface area (Å²) in [6.45, 7) is -0.397. The van der Waals surface area contributed by atoms with Gasteiger partial charge in [0.2, 0.25) is 0 Å². The minimum absolute atomic E-state index is 0.290. The van der Waals surface area contributed by atoms with Gasteiger partial charge in [-0.3, -0.25) is 4.79 Å². The van der Waals surface area contributed by atoms with Crippen LogP contribution in [0, 0.1) is 5.82 Å². The Morgan fingerprint density at radius 3 is 2.29 bits per heavy atom. The number of carbonyl (C=O) groups excluding carboxylic acids is 2. The summed E-state index contributed by atoms with van der Waals surface area (Å²) >= 11 is 0. The first-order valence-corrected chi connectivity index (χ1v) is 7.19. The molecule has 6 heteroatoms. The molecule has 24 heavy (non-hydrogen) atoms. The predicted molar refractivity (Wildman–Crippen MR) is 84.6 cm³/mol. The van der Waals surface area contributed by atoms with Crippen molar-refractivity contribution in [2.75, 3.05) is 6.61 Å². The lowest BCUT2D eigenvalue weighted by Crippen LogP contribution is -2.14. The Bertz CT molecular complexity index is 841. The number of hydrogen-bond acceptors (Lipinski definition) is 4. The van der Waals surface area contributed by atoms with Gasteiger partial charge in [-0.05, 0) is 54.6 Å². The van der Waals surface area contributed by atoms with E-state index in [0.29, 0.717) is 11.1 Å². The molecule has 0 aliphatic rings. The molecule has 0 saturated carbocycles. The fraction of sp³-hybridized carbons (Fsp3) is 0.0556. The minimum atomic E-state index is -0.600. The van der Waals surface area contributed by atoms with E-state index in [2.05, 4.69) is 5.10 Å². The van der Waals surface area contributed by atoms with Crippen molar-refractivity contribution >= 4 is 11.8 Å². The second kappa shape index (κ2) is 6.87. The van der Waals surface area contributed by atoms with Crippen LogP contribution in [-0.2, 0) is 4.74 Å². The highest BCUT2D eigenvalue weighted by Crippen LogP contribution is 2.10. The van der Waals surface area contributed by atoms with Gasteiger partial charge in [0.15, 0.2) is 12.4 Å². The van der Waals surface area contributed by atoms with Crippen LogP contribution < -0.4 is 0 Å². The van der Waals surface area contributed by atoms with Gasteiger partial charge < -0.3 is 4.74 Å². The molecule has 0 N–H and O–H groups in total. The summed E-state index contributed by atoms with van der Waals surface area (Å²) in [5, 5.41) is 4.09. The average molecular weight is 324 g/mol. The molecule has 1 heterocycles. The molecular formula is C18H13FN2O3. The van der Waals surface area contributed by atoms with E-state index < -0.39 is 24.2 Å². The third-order valence-electron chi connectivity index (χ3n) is 3.37. The highest BCUT2D eigenvalue weighted by molar-refractivity contribution is 5.99. The largest absolute Gasteiger partial charge is 0.454 e. The van der Waals surface area contributed by atoms with E-state index in [0.717, 1.165) is 5.69 Å². The van der Waals surface area contributed by atoms with Gasteiger partial charge in [-0.15, -0.1) is 0 Å². The van der Waals surface area contributed by atoms with E-state index >= 15 is 0 Å². The first-order valence-electron chi connectivity index (χ1n) is 7.19. The maximum Gasteiger partial charge on any atom is 0.338 e. The van der Waals surface area contributed by atoms with Crippen molar-refractivity contribution in [1.29, 1.82) is 0 Å². The fourth-order valence-corrected chi connectivity index (χ4v) is 2.11. The van der Waals surface area contributed by atoms with E-state index in [-0.39, 0.29) is 0 Å². The first-order chi connectivity index (χ1) is 11.6. The smallest absolute Gasteiger partial charge is 0.338 e. The summed E-state index contributed by atoms with van der Waals surface area (Å²) < 4.78 is 19.5. The van der Waals surface area contributed by atoms with Gasteiger partial charge in [-0.1, -0.05) is 0 Å². The van der Waals surface area contributed by atoms with Gasteiger partial charge in [0, 0.05) is 18.0 Å². The van der Waals surface area contributed by atoms with Crippen LogP contribution in [0.2, 0.25) is 0 Å². The molecular weight excluding hydrogens is 311 g/mol. The Labute approximate surface area is 137 Å². The normalized spacial score (nSPS) is 10.4. The maximum absolute atomic E-state index is 12.8. The van der Waals surface area contributed by atoms with Crippen molar-refractivity contribution in [1.82, 2.24) is 9.78 Å². The van der Waals surface area contributed by atoms with E-state index in [1.807, 2.05) is 0 Å². The number of Topliss-reactive ketones (excluding diaryl/α,β-unsaturated/α-hetero) is 1. The van der Waals surface area contributed by atoms with Crippen molar-refractivity contribution < 1.29 is 18.7 Å². The minimum Gasteiger partial charge on any atom is -0.454 e. The number of carbonyl (C=O) groups is 2. The zero-order chi connectivity index (χ0) is 16.9. The number of hydrogen-bond donors (Lipinski definition) is 0. The van der Waals surface area contributed by atoms with Crippen LogP contribution in [0.5, 0.6) is 0 Å². The van der Waals surface area contributed by atoms with Crippen molar-refractivity contribution in [3.63, 3.8) is 0 Å². The van der Waals surface area contributed by atoms with Gasteiger partial charge in [0.05, 0.1) is 11.3 Å².